The first-order valence-electron chi connectivity index (χ1n) is 20.0. The maximum atomic E-state index is 12.7. The van der Waals surface area contributed by atoms with Crippen molar-refractivity contribution in [2.75, 3.05) is 31.6 Å². The second-order valence-electron chi connectivity index (χ2n) is 14.0. The standard InChI is InChI=1S/C23H40O8.C18H28N2O/c1-3-5-7-9-11-13-21(26)29-17-19(31-23(28)16-15-20(24)25)18-30-22(27)14-12-10-8-6-4-2;1-4-5-12-20-13-7-6-11-16(20)18(21)19-17-14(2)9-8-10-15(17)3/h19H,3-18H2,1-2H3,(H,24,25);8-10,16H,4-7,11-13H2,1-3H3,(H,19,21)/p+1. The van der Waals surface area contributed by atoms with Gasteiger partial charge in [0, 0.05) is 24.9 Å². The molecule has 1 saturated heterocycles. The Morgan fingerprint density at radius 1 is 0.731 bits per heavy atom. The maximum absolute atomic E-state index is 12.7. The zero-order valence-corrected chi connectivity index (χ0v) is 32.9. The van der Waals surface area contributed by atoms with Crippen molar-refractivity contribution in [3.63, 3.8) is 0 Å². The Balaban J connectivity index is 0.000000556. The predicted molar refractivity (Wildman–Crippen MR) is 203 cm³/mol. The topological polar surface area (TPSA) is 150 Å². The number of aryl methyl sites for hydroxylation is 2. The fourth-order valence-electron chi connectivity index (χ4n) is 6.15. The summed E-state index contributed by atoms with van der Waals surface area (Å²) in [6.07, 6.45) is 14.8. The first-order valence-corrected chi connectivity index (χ1v) is 20.0. The van der Waals surface area contributed by atoms with E-state index in [2.05, 4.69) is 52.1 Å². The molecule has 0 aromatic heterocycles. The quantitative estimate of drug-likeness (QED) is 0.0546. The van der Waals surface area contributed by atoms with E-state index in [-0.39, 0.29) is 50.8 Å². The third-order valence-electron chi connectivity index (χ3n) is 9.30. The number of esters is 3. The van der Waals surface area contributed by atoms with Crippen LogP contribution in [0, 0.1) is 13.8 Å². The Morgan fingerprint density at radius 2 is 1.27 bits per heavy atom. The number of quaternary nitrogens is 1. The fourth-order valence-corrected chi connectivity index (χ4v) is 6.15. The van der Waals surface area contributed by atoms with Crippen LogP contribution in [0.4, 0.5) is 5.69 Å². The molecule has 1 heterocycles. The summed E-state index contributed by atoms with van der Waals surface area (Å²) in [5.74, 6) is -2.44. The van der Waals surface area contributed by atoms with Gasteiger partial charge in [0.1, 0.15) is 13.2 Å². The zero-order chi connectivity index (χ0) is 38.6. The smallest absolute Gasteiger partial charge is 0.306 e. The number of unbranched alkanes of at least 4 members (excludes halogenated alkanes) is 9. The van der Waals surface area contributed by atoms with Crippen LogP contribution in [0.1, 0.15) is 154 Å². The summed E-state index contributed by atoms with van der Waals surface area (Å²) in [6.45, 7) is 12.4. The summed E-state index contributed by atoms with van der Waals surface area (Å²) < 4.78 is 15.5. The van der Waals surface area contributed by atoms with Crippen molar-refractivity contribution in [3.05, 3.63) is 29.3 Å². The second kappa shape index (κ2) is 29.0. The third kappa shape index (κ3) is 21.8. The van der Waals surface area contributed by atoms with E-state index in [9.17, 15) is 24.0 Å². The molecule has 11 nitrogen and oxygen atoms in total. The number of carboxylic acids is 1. The van der Waals surface area contributed by atoms with E-state index < -0.39 is 30.0 Å². The number of rotatable bonds is 25. The molecule has 1 aliphatic heterocycles. The third-order valence-corrected chi connectivity index (χ3v) is 9.30. The zero-order valence-electron chi connectivity index (χ0n) is 32.9. The lowest BCUT2D eigenvalue weighted by molar-refractivity contribution is -0.921. The van der Waals surface area contributed by atoms with Crippen LogP contribution in [-0.4, -0.2) is 73.3 Å². The Morgan fingerprint density at radius 3 is 1.79 bits per heavy atom. The Hall–Kier alpha value is -3.47. The van der Waals surface area contributed by atoms with Crippen LogP contribution in [0.25, 0.3) is 0 Å². The summed E-state index contributed by atoms with van der Waals surface area (Å²) in [6, 6.07) is 6.29. The molecule has 1 fully saturated rings. The van der Waals surface area contributed by atoms with Crippen LogP contribution in [-0.2, 0) is 38.2 Å². The van der Waals surface area contributed by atoms with Crippen LogP contribution in [0.5, 0.6) is 0 Å². The normalized spacial score (nSPS) is 15.3. The van der Waals surface area contributed by atoms with Crippen molar-refractivity contribution in [1.82, 2.24) is 0 Å². The van der Waals surface area contributed by atoms with Crippen LogP contribution in [0.15, 0.2) is 18.2 Å². The molecule has 2 rings (SSSR count). The molecule has 3 N–H and O–H groups in total. The number of carboxylic acid groups (broad SMARTS) is 1. The lowest BCUT2D eigenvalue weighted by atomic mass is 10.00. The summed E-state index contributed by atoms with van der Waals surface area (Å²) in [7, 11) is 0. The molecule has 1 aromatic carbocycles. The minimum atomic E-state index is -1.11. The number of benzene rings is 1. The van der Waals surface area contributed by atoms with Crippen LogP contribution >= 0.6 is 0 Å². The number of para-hydroxylation sites is 1. The molecule has 296 valence electrons. The van der Waals surface area contributed by atoms with Gasteiger partial charge in [-0.3, -0.25) is 24.0 Å². The lowest BCUT2D eigenvalue weighted by Crippen LogP contribution is -3.17. The molecule has 0 aliphatic carbocycles. The number of anilines is 1. The van der Waals surface area contributed by atoms with Gasteiger partial charge in [0.25, 0.3) is 5.91 Å². The van der Waals surface area contributed by atoms with Crippen molar-refractivity contribution in [1.29, 1.82) is 0 Å². The average Bonchev–Trinajstić information content (AvgIpc) is 3.12. The number of nitrogens with one attached hydrogen (secondary N) is 2. The van der Waals surface area contributed by atoms with Gasteiger partial charge in [-0.1, -0.05) is 96.8 Å². The van der Waals surface area contributed by atoms with Crippen LogP contribution in [0.2, 0.25) is 0 Å². The van der Waals surface area contributed by atoms with E-state index in [1.54, 1.807) is 0 Å². The number of aliphatic carboxylic acids is 1. The van der Waals surface area contributed by atoms with Crippen LogP contribution < -0.4 is 10.2 Å². The van der Waals surface area contributed by atoms with Gasteiger partial charge >= 0.3 is 23.9 Å². The van der Waals surface area contributed by atoms with E-state index in [1.807, 2.05) is 6.07 Å². The number of likely N-dealkylation sites (tertiary alicyclic amines) is 1. The number of carbonyl (C=O) groups is 5. The molecule has 1 aromatic rings. The maximum Gasteiger partial charge on any atom is 0.306 e. The van der Waals surface area contributed by atoms with Gasteiger partial charge in [0.05, 0.1) is 25.9 Å². The van der Waals surface area contributed by atoms with E-state index in [0.717, 1.165) is 101 Å². The highest BCUT2D eigenvalue weighted by atomic mass is 16.6. The SMILES string of the molecule is CCCCCCCC(=O)OCC(COC(=O)CCCCCCC)OC(=O)CCC(=O)O.CCCC[NH+]1CCCCC1C(=O)Nc1c(C)cccc1C. The van der Waals surface area contributed by atoms with Gasteiger partial charge in [-0.15, -0.1) is 0 Å². The summed E-state index contributed by atoms with van der Waals surface area (Å²) in [4.78, 5) is 60.4. The highest BCUT2D eigenvalue weighted by Crippen LogP contribution is 2.20. The monoisotopic (exact) mass is 733 g/mol. The number of hydrogen-bond acceptors (Lipinski definition) is 8. The molecular weight excluding hydrogens is 664 g/mol. The fraction of sp³-hybridized carbons (Fsp3) is 0.732. The molecule has 0 spiro atoms. The average molecular weight is 734 g/mol. The van der Waals surface area contributed by atoms with Gasteiger partial charge in [0.15, 0.2) is 12.1 Å². The van der Waals surface area contributed by atoms with Crippen molar-refractivity contribution < 1.29 is 48.2 Å². The molecule has 0 bridgehead atoms. The van der Waals surface area contributed by atoms with E-state index in [1.165, 1.54) is 30.6 Å². The van der Waals surface area contributed by atoms with Gasteiger partial charge in [-0.05, 0) is 57.1 Å². The lowest BCUT2D eigenvalue weighted by Gasteiger charge is -2.31. The Bertz CT molecular complexity index is 1140. The Kier molecular flexibility index (Phi) is 26.0. The molecular formula is C41H69N2O9+. The molecule has 11 heteroatoms. The van der Waals surface area contributed by atoms with Crippen molar-refractivity contribution >= 4 is 35.5 Å². The van der Waals surface area contributed by atoms with E-state index >= 15 is 0 Å². The molecule has 1 aliphatic rings. The second-order valence-corrected chi connectivity index (χ2v) is 14.0. The highest BCUT2D eigenvalue weighted by Gasteiger charge is 2.32. The first kappa shape index (κ1) is 46.6. The number of carbonyl (C=O) groups excluding carboxylic acids is 4. The minimum Gasteiger partial charge on any atom is -0.481 e. The molecule has 0 saturated carbocycles. The molecule has 2 unspecified atom stereocenters. The first-order chi connectivity index (χ1) is 25.0. The highest BCUT2D eigenvalue weighted by molar-refractivity contribution is 5.95. The molecule has 1 amide bonds. The van der Waals surface area contributed by atoms with Gasteiger partial charge in [-0.2, -0.15) is 0 Å². The minimum absolute atomic E-state index is 0.129. The van der Waals surface area contributed by atoms with Gasteiger partial charge < -0.3 is 29.5 Å². The van der Waals surface area contributed by atoms with E-state index in [4.69, 9.17) is 19.3 Å². The number of hydrogen-bond donors (Lipinski definition) is 3. The van der Waals surface area contributed by atoms with Crippen molar-refractivity contribution in [2.45, 2.75) is 169 Å². The number of piperidine rings is 1. The predicted octanol–water partition coefficient (Wildman–Crippen LogP) is 7.05. The molecule has 0 radical (unpaired) electrons. The van der Waals surface area contributed by atoms with Crippen LogP contribution in [0.3, 0.4) is 0 Å². The van der Waals surface area contributed by atoms with Gasteiger partial charge in [0.2, 0.25) is 0 Å². The Labute approximate surface area is 312 Å². The summed E-state index contributed by atoms with van der Waals surface area (Å²) >= 11 is 0. The molecule has 2 atom stereocenters. The van der Waals surface area contributed by atoms with Crippen molar-refractivity contribution in [2.24, 2.45) is 0 Å². The van der Waals surface area contributed by atoms with Crippen molar-refractivity contribution in [3.8, 4) is 0 Å². The molecule has 52 heavy (non-hydrogen) atoms. The number of amides is 1. The van der Waals surface area contributed by atoms with Gasteiger partial charge in [-0.25, -0.2) is 0 Å². The van der Waals surface area contributed by atoms with E-state index in [0.29, 0.717) is 0 Å². The largest absolute Gasteiger partial charge is 0.481 e. The number of ether oxygens (including phenoxy) is 3. The summed E-state index contributed by atoms with van der Waals surface area (Å²) in [5, 5.41) is 11.9. The summed E-state index contributed by atoms with van der Waals surface area (Å²) in [5.41, 5.74) is 3.30.